The third-order valence-corrected chi connectivity index (χ3v) is 5.29. The Morgan fingerprint density at radius 3 is 2.61 bits per heavy atom. The topological polar surface area (TPSA) is 80.2 Å². The van der Waals surface area contributed by atoms with Gasteiger partial charge in [0.15, 0.2) is 5.82 Å². The predicted octanol–water partition coefficient (Wildman–Crippen LogP) is 4.57. The van der Waals surface area contributed by atoms with Crippen LogP contribution in [-0.4, -0.2) is 40.8 Å². The van der Waals surface area contributed by atoms with Crippen molar-refractivity contribution in [3.8, 4) is 17.1 Å². The monoisotopic (exact) mass is 417 g/mol. The Bertz CT molecular complexity index is 1010. The van der Waals surface area contributed by atoms with Crippen molar-refractivity contribution in [3.05, 3.63) is 60.3 Å². The molecule has 0 aliphatic carbocycles. The summed E-state index contributed by atoms with van der Waals surface area (Å²) in [5.74, 6) is 0.986. The number of aromatic nitrogens is 3. The summed E-state index contributed by atoms with van der Waals surface area (Å²) in [6.07, 6.45) is 6.58. The number of amides is 1. The fourth-order valence-electron chi connectivity index (χ4n) is 3.72. The molecule has 1 N–H and O–H groups in total. The third-order valence-electron chi connectivity index (χ3n) is 5.29. The second-order valence-electron chi connectivity index (χ2n) is 7.50. The van der Waals surface area contributed by atoms with E-state index in [4.69, 9.17) is 4.74 Å². The Labute approximate surface area is 182 Å². The molecule has 0 bridgehead atoms. The first-order valence-electron chi connectivity index (χ1n) is 10.8. The van der Waals surface area contributed by atoms with Crippen molar-refractivity contribution in [1.82, 2.24) is 15.2 Å². The highest BCUT2D eigenvalue weighted by Gasteiger charge is 2.15. The Morgan fingerprint density at radius 1 is 1.03 bits per heavy atom. The first kappa shape index (κ1) is 20.8. The van der Waals surface area contributed by atoms with E-state index in [9.17, 15) is 4.79 Å². The number of benzene rings is 1. The lowest BCUT2D eigenvalue weighted by atomic mass is 10.1. The quantitative estimate of drug-likeness (QED) is 0.633. The van der Waals surface area contributed by atoms with Crippen LogP contribution in [0.5, 0.6) is 5.88 Å². The molecule has 1 aromatic carbocycles. The zero-order valence-electron chi connectivity index (χ0n) is 17.8. The van der Waals surface area contributed by atoms with Crippen LogP contribution in [-0.2, 0) is 0 Å². The number of carbonyl (C=O) groups excluding carboxylic acids is 1. The number of carbonyl (C=O) groups is 1. The third kappa shape index (κ3) is 5.17. The first-order chi connectivity index (χ1) is 15.2. The maximum atomic E-state index is 12.7. The minimum absolute atomic E-state index is 0.267. The number of hydrogen-bond donors (Lipinski definition) is 1. The second-order valence-corrected chi connectivity index (χ2v) is 7.50. The van der Waals surface area contributed by atoms with Crippen LogP contribution in [0.2, 0.25) is 0 Å². The van der Waals surface area contributed by atoms with Crippen LogP contribution in [0.15, 0.2) is 54.7 Å². The largest absolute Gasteiger partial charge is 0.477 e. The minimum atomic E-state index is -0.267. The van der Waals surface area contributed by atoms with E-state index < -0.39 is 0 Å². The summed E-state index contributed by atoms with van der Waals surface area (Å²) in [5, 5.41) is 11.8. The van der Waals surface area contributed by atoms with Gasteiger partial charge in [-0.05, 0) is 56.2 Å². The van der Waals surface area contributed by atoms with Crippen molar-refractivity contribution in [2.24, 2.45) is 0 Å². The van der Waals surface area contributed by atoms with Crippen LogP contribution in [0.1, 0.15) is 43.0 Å². The molecule has 3 aromatic rings. The molecule has 1 fully saturated rings. The summed E-state index contributed by atoms with van der Waals surface area (Å²) in [5.41, 5.74) is 2.73. The normalized spacial score (nSPS) is 14.0. The smallest absolute Gasteiger partial charge is 0.261 e. The lowest BCUT2D eigenvalue weighted by Gasteiger charge is -2.20. The lowest BCUT2D eigenvalue weighted by Crippen LogP contribution is -2.25. The highest BCUT2D eigenvalue weighted by molar-refractivity contribution is 6.06. The van der Waals surface area contributed by atoms with E-state index in [1.54, 1.807) is 18.3 Å². The minimum Gasteiger partial charge on any atom is -0.477 e. The van der Waals surface area contributed by atoms with Gasteiger partial charge in [-0.25, -0.2) is 4.98 Å². The molecule has 1 aliphatic heterocycles. The molecule has 4 rings (SSSR count). The summed E-state index contributed by atoms with van der Waals surface area (Å²) in [6.45, 7) is 4.37. The summed E-state index contributed by atoms with van der Waals surface area (Å²) in [6, 6.07) is 15.0. The van der Waals surface area contributed by atoms with Gasteiger partial charge in [0.1, 0.15) is 5.56 Å². The maximum absolute atomic E-state index is 12.7. The molecule has 3 heterocycles. The molecule has 2 aromatic heterocycles. The van der Waals surface area contributed by atoms with Crippen LogP contribution in [0.25, 0.3) is 11.3 Å². The maximum Gasteiger partial charge on any atom is 0.261 e. The number of nitrogens with one attached hydrogen (secondary N) is 1. The molecule has 0 saturated carbocycles. The number of pyridine rings is 1. The van der Waals surface area contributed by atoms with E-state index in [0.29, 0.717) is 23.7 Å². The summed E-state index contributed by atoms with van der Waals surface area (Å²) in [4.78, 5) is 19.2. The Balaban J connectivity index is 1.49. The number of nitrogens with zero attached hydrogens (tertiary/aromatic N) is 4. The first-order valence-corrected chi connectivity index (χ1v) is 10.8. The number of ether oxygens (including phenoxy) is 1. The van der Waals surface area contributed by atoms with Gasteiger partial charge >= 0.3 is 0 Å². The van der Waals surface area contributed by atoms with Crippen LogP contribution in [0, 0.1) is 0 Å². The van der Waals surface area contributed by atoms with Gasteiger partial charge in [0.2, 0.25) is 5.88 Å². The molecule has 1 aliphatic rings. The van der Waals surface area contributed by atoms with Gasteiger partial charge in [-0.2, -0.15) is 0 Å². The molecular formula is C24H27N5O2. The van der Waals surface area contributed by atoms with Gasteiger partial charge in [0.25, 0.3) is 5.91 Å². The van der Waals surface area contributed by atoms with Crippen molar-refractivity contribution in [3.63, 3.8) is 0 Å². The van der Waals surface area contributed by atoms with Gasteiger partial charge in [-0.3, -0.25) is 4.79 Å². The van der Waals surface area contributed by atoms with Crippen molar-refractivity contribution in [2.75, 3.05) is 29.9 Å². The molecule has 31 heavy (non-hydrogen) atoms. The molecule has 7 heteroatoms. The van der Waals surface area contributed by atoms with Gasteiger partial charge in [0, 0.05) is 30.5 Å². The highest BCUT2D eigenvalue weighted by atomic mass is 16.5. The zero-order chi connectivity index (χ0) is 21.5. The van der Waals surface area contributed by atoms with Gasteiger partial charge in [0.05, 0.1) is 12.3 Å². The highest BCUT2D eigenvalue weighted by Crippen LogP contribution is 2.24. The van der Waals surface area contributed by atoms with E-state index in [1.165, 1.54) is 25.7 Å². The van der Waals surface area contributed by atoms with E-state index in [1.807, 2.05) is 43.3 Å². The summed E-state index contributed by atoms with van der Waals surface area (Å²) in [7, 11) is 0. The van der Waals surface area contributed by atoms with Crippen LogP contribution >= 0.6 is 0 Å². The Kier molecular flexibility index (Phi) is 6.72. The van der Waals surface area contributed by atoms with Gasteiger partial charge < -0.3 is 15.0 Å². The SMILES string of the molecule is CCOc1ncccc1C(=O)Nc1cccc(-c2ccc(N3CCCCCC3)nn2)c1. The summed E-state index contributed by atoms with van der Waals surface area (Å²) < 4.78 is 5.46. The molecule has 0 radical (unpaired) electrons. The fourth-order valence-corrected chi connectivity index (χ4v) is 3.72. The van der Waals surface area contributed by atoms with Crippen LogP contribution in [0.4, 0.5) is 11.5 Å². The second kappa shape index (κ2) is 10.0. The zero-order valence-corrected chi connectivity index (χ0v) is 17.8. The lowest BCUT2D eigenvalue weighted by molar-refractivity contribution is 0.102. The molecule has 7 nitrogen and oxygen atoms in total. The van der Waals surface area contributed by atoms with E-state index in [2.05, 4.69) is 25.4 Å². The number of hydrogen-bond acceptors (Lipinski definition) is 6. The van der Waals surface area contributed by atoms with Gasteiger partial charge in [-0.15, -0.1) is 10.2 Å². The predicted molar refractivity (Wildman–Crippen MR) is 122 cm³/mol. The van der Waals surface area contributed by atoms with Crippen LogP contribution < -0.4 is 15.0 Å². The molecule has 1 saturated heterocycles. The number of rotatable bonds is 6. The molecule has 160 valence electrons. The molecule has 0 spiro atoms. The fraction of sp³-hybridized carbons (Fsp3) is 0.333. The molecular weight excluding hydrogens is 390 g/mol. The summed E-state index contributed by atoms with van der Waals surface area (Å²) >= 11 is 0. The van der Waals surface area contributed by atoms with Gasteiger partial charge in [-0.1, -0.05) is 25.0 Å². The Hall–Kier alpha value is -3.48. The van der Waals surface area contributed by atoms with Crippen LogP contribution in [0.3, 0.4) is 0 Å². The van der Waals surface area contributed by atoms with E-state index in [0.717, 1.165) is 30.2 Å². The van der Waals surface area contributed by atoms with Crippen molar-refractivity contribution in [1.29, 1.82) is 0 Å². The van der Waals surface area contributed by atoms with Crippen molar-refractivity contribution in [2.45, 2.75) is 32.6 Å². The molecule has 1 amide bonds. The van der Waals surface area contributed by atoms with E-state index in [-0.39, 0.29) is 5.91 Å². The number of anilines is 2. The molecule has 0 atom stereocenters. The Morgan fingerprint density at radius 2 is 1.87 bits per heavy atom. The van der Waals surface area contributed by atoms with Crippen molar-refractivity contribution < 1.29 is 9.53 Å². The van der Waals surface area contributed by atoms with Crippen molar-refractivity contribution >= 4 is 17.4 Å². The standard InChI is InChI=1S/C24H27N5O2/c1-2-31-24-20(11-8-14-25-24)23(30)26-19-10-7-9-18(17-19)21-12-13-22(28-27-21)29-15-5-3-4-6-16-29/h7-14,17H,2-6,15-16H2,1H3,(H,26,30). The average Bonchev–Trinajstić information content (AvgIpc) is 3.10. The van der Waals surface area contributed by atoms with E-state index >= 15 is 0 Å². The molecule has 0 unspecified atom stereocenters. The average molecular weight is 418 g/mol.